The molecule has 1 aliphatic heterocycles. The summed E-state index contributed by atoms with van der Waals surface area (Å²) in [6, 6.07) is 13.0. The molecule has 6 nitrogen and oxygen atoms in total. The van der Waals surface area contributed by atoms with Crippen LogP contribution in [-0.2, 0) is 6.54 Å². The van der Waals surface area contributed by atoms with Crippen LogP contribution in [0.1, 0.15) is 11.5 Å². The van der Waals surface area contributed by atoms with Gasteiger partial charge in [-0.2, -0.15) is 4.98 Å². The first-order valence-electron chi connectivity index (χ1n) is 9.33. The molecule has 1 saturated heterocycles. The van der Waals surface area contributed by atoms with Gasteiger partial charge in [-0.05, 0) is 30.7 Å². The number of para-hydroxylation sites is 2. The molecule has 146 valence electrons. The number of hydrogen-bond acceptors (Lipinski definition) is 6. The number of hydrogen-bond donors (Lipinski definition) is 0. The fourth-order valence-electron chi connectivity index (χ4n) is 3.40. The maximum Gasteiger partial charge on any atom is 0.241 e. The molecule has 0 N–H and O–H groups in total. The second kappa shape index (κ2) is 7.98. The third-order valence-electron chi connectivity index (χ3n) is 5.06. The standard InChI is InChI=1S/C21H23FN4O2/c1-15-7-8-16(13-17(15)22)21-23-20(28-24-21)14-25-9-11-26(12-10-25)18-5-3-4-6-19(18)27-2/h3-8,13H,9-12,14H2,1-2H3. The molecule has 0 saturated carbocycles. The number of nitrogens with zero attached hydrogens (tertiary/aromatic N) is 4. The van der Waals surface area contributed by atoms with E-state index in [0.717, 1.165) is 37.6 Å². The summed E-state index contributed by atoms with van der Waals surface area (Å²) in [5, 5.41) is 4.00. The zero-order valence-corrected chi connectivity index (χ0v) is 16.1. The molecule has 1 aromatic heterocycles. The lowest BCUT2D eigenvalue weighted by Crippen LogP contribution is -2.46. The largest absolute Gasteiger partial charge is 0.495 e. The lowest BCUT2D eigenvalue weighted by atomic mass is 10.1. The van der Waals surface area contributed by atoms with Crippen molar-refractivity contribution in [2.45, 2.75) is 13.5 Å². The number of piperazine rings is 1. The summed E-state index contributed by atoms with van der Waals surface area (Å²) >= 11 is 0. The minimum atomic E-state index is -0.267. The van der Waals surface area contributed by atoms with Gasteiger partial charge in [0, 0.05) is 31.7 Å². The van der Waals surface area contributed by atoms with Crippen molar-refractivity contribution in [1.82, 2.24) is 15.0 Å². The molecule has 7 heteroatoms. The Hall–Kier alpha value is -2.93. The molecule has 1 aliphatic rings. The number of aromatic nitrogens is 2. The Bertz CT molecular complexity index is 951. The number of halogens is 1. The smallest absolute Gasteiger partial charge is 0.241 e. The van der Waals surface area contributed by atoms with Crippen molar-refractivity contribution >= 4 is 5.69 Å². The topological polar surface area (TPSA) is 54.6 Å². The number of rotatable bonds is 5. The van der Waals surface area contributed by atoms with Gasteiger partial charge in [0.15, 0.2) is 0 Å². The Morgan fingerprint density at radius 1 is 1.11 bits per heavy atom. The van der Waals surface area contributed by atoms with Gasteiger partial charge in [0.1, 0.15) is 11.6 Å². The minimum Gasteiger partial charge on any atom is -0.495 e. The number of aryl methyl sites for hydroxylation is 1. The van der Waals surface area contributed by atoms with Crippen molar-refractivity contribution in [2.24, 2.45) is 0 Å². The number of methoxy groups -OCH3 is 1. The molecule has 0 unspecified atom stereocenters. The predicted molar refractivity (Wildman–Crippen MR) is 105 cm³/mol. The van der Waals surface area contributed by atoms with Crippen LogP contribution >= 0.6 is 0 Å². The van der Waals surface area contributed by atoms with Crippen molar-refractivity contribution < 1.29 is 13.7 Å². The molecule has 0 spiro atoms. The van der Waals surface area contributed by atoms with Gasteiger partial charge in [-0.1, -0.05) is 29.4 Å². The summed E-state index contributed by atoms with van der Waals surface area (Å²) < 4.78 is 24.6. The molecule has 2 heterocycles. The molecule has 0 amide bonds. The fraction of sp³-hybridized carbons (Fsp3) is 0.333. The Kier molecular flexibility index (Phi) is 5.25. The van der Waals surface area contributed by atoms with Gasteiger partial charge in [0.25, 0.3) is 0 Å². The monoisotopic (exact) mass is 382 g/mol. The van der Waals surface area contributed by atoms with Crippen LogP contribution in [0.4, 0.5) is 10.1 Å². The van der Waals surface area contributed by atoms with Gasteiger partial charge in [-0.3, -0.25) is 4.90 Å². The van der Waals surface area contributed by atoms with Gasteiger partial charge >= 0.3 is 0 Å². The lowest BCUT2D eigenvalue weighted by Gasteiger charge is -2.35. The Balaban J connectivity index is 1.38. The molecule has 1 fully saturated rings. The van der Waals surface area contributed by atoms with Crippen LogP contribution in [0.5, 0.6) is 5.75 Å². The zero-order valence-electron chi connectivity index (χ0n) is 16.1. The van der Waals surface area contributed by atoms with E-state index in [0.29, 0.717) is 29.4 Å². The highest BCUT2D eigenvalue weighted by Crippen LogP contribution is 2.28. The van der Waals surface area contributed by atoms with E-state index in [-0.39, 0.29) is 5.82 Å². The highest BCUT2D eigenvalue weighted by Gasteiger charge is 2.21. The summed E-state index contributed by atoms with van der Waals surface area (Å²) in [4.78, 5) is 9.03. The fourth-order valence-corrected chi connectivity index (χ4v) is 3.40. The van der Waals surface area contributed by atoms with E-state index in [1.807, 2.05) is 18.2 Å². The summed E-state index contributed by atoms with van der Waals surface area (Å²) in [6.07, 6.45) is 0. The molecule has 0 bridgehead atoms. The third-order valence-corrected chi connectivity index (χ3v) is 5.06. The van der Waals surface area contributed by atoms with Crippen LogP contribution in [0.15, 0.2) is 47.0 Å². The first kappa shape index (κ1) is 18.4. The van der Waals surface area contributed by atoms with E-state index >= 15 is 0 Å². The molecular formula is C21H23FN4O2. The number of anilines is 1. The van der Waals surface area contributed by atoms with Crippen LogP contribution in [0.3, 0.4) is 0 Å². The van der Waals surface area contributed by atoms with Crippen LogP contribution in [0, 0.1) is 12.7 Å². The van der Waals surface area contributed by atoms with Crippen LogP contribution in [0.2, 0.25) is 0 Å². The van der Waals surface area contributed by atoms with Crippen molar-refractivity contribution in [3.05, 3.63) is 59.7 Å². The first-order chi connectivity index (χ1) is 13.6. The Morgan fingerprint density at radius 3 is 2.64 bits per heavy atom. The van der Waals surface area contributed by atoms with E-state index in [4.69, 9.17) is 9.26 Å². The molecule has 3 aromatic rings. The van der Waals surface area contributed by atoms with E-state index in [2.05, 4.69) is 26.0 Å². The van der Waals surface area contributed by atoms with Crippen LogP contribution in [-0.4, -0.2) is 48.3 Å². The van der Waals surface area contributed by atoms with E-state index < -0.39 is 0 Å². The summed E-state index contributed by atoms with van der Waals surface area (Å²) in [5.74, 6) is 1.59. The van der Waals surface area contributed by atoms with Gasteiger partial charge in [-0.25, -0.2) is 4.39 Å². The van der Waals surface area contributed by atoms with E-state index in [1.165, 1.54) is 6.07 Å². The SMILES string of the molecule is COc1ccccc1N1CCN(Cc2nc(-c3ccc(C)c(F)c3)no2)CC1. The van der Waals surface area contributed by atoms with Gasteiger partial charge in [-0.15, -0.1) is 0 Å². The van der Waals surface area contributed by atoms with Gasteiger partial charge in [0.05, 0.1) is 19.3 Å². The van der Waals surface area contributed by atoms with Crippen LogP contribution in [0.25, 0.3) is 11.4 Å². The van der Waals surface area contributed by atoms with E-state index in [9.17, 15) is 4.39 Å². The van der Waals surface area contributed by atoms with E-state index in [1.54, 1.807) is 26.2 Å². The van der Waals surface area contributed by atoms with Crippen molar-refractivity contribution in [3.8, 4) is 17.1 Å². The van der Waals surface area contributed by atoms with Crippen LogP contribution < -0.4 is 9.64 Å². The zero-order chi connectivity index (χ0) is 19.5. The van der Waals surface area contributed by atoms with Gasteiger partial charge in [0.2, 0.25) is 11.7 Å². The van der Waals surface area contributed by atoms with Crippen molar-refractivity contribution in [1.29, 1.82) is 0 Å². The normalized spacial score (nSPS) is 15.0. The predicted octanol–water partition coefficient (Wildman–Crippen LogP) is 3.51. The third kappa shape index (κ3) is 3.84. The average Bonchev–Trinajstić information content (AvgIpc) is 3.19. The lowest BCUT2D eigenvalue weighted by molar-refractivity contribution is 0.215. The quantitative estimate of drug-likeness (QED) is 0.673. The number of ether oxygens (including phenoxy) is 1. The second-order valence-corrected chi connectivity index (χ2v) is 6.91. The molecule has 0 radical (unpaired) electrons. The highest BCUT2D eigenvalue weighted by atomic mass is 19.1. The number of benzene rings is 2. The first-order valence-corrected chi connectivity index (χ1v) is 9.33. The maximum atomic E-state index is 13.8. The second-order valence-electron chi connectivity index (χ2n) is 6.91. The molecule has 0 aliphatic carbocycles. The molecular weight excluding hydrogens is 359 g/mol. The minimum absolute atomic E-state index is 0.267. The Morgan fingerprint density at radius 2 is 1.89 bits per heavy atom. The summed E-state index contributed by atoms with van der Waals surface area (Å²) in [7, 11) is 1.70. The maximum absolute atomic E-state index is 13.8. The van der Waals surface area contributed by atoms with Crippen molar-refractivity contribution in [3.63, 3.8) is 0 Å². The summed E-state index contributed by atoms with van der Waals surface area (Å²) in [6.45, 7) is 5.87. The Labute approximate surface area is 163 Å². The molecule has 28 heavy (non-hydrogen) atoms. The van der Waals surface area contributed by atoms with Gasteiger partial charge < -0.3 is 14.2 Å². The van der Waals surface area contributed by atoms with Crippen molar-refractivity contribution in [2.75, 3.05) is 38.2 Å². The molecule has 4 rings (SSSR count). The molecule has 2 aromatic carbocycles. The highest BCUT2D eigenvalue weighted by molar-refractivity contribution is 5.58. The summed E-state index contributed by atoms with van der Waals surface area (Å²) in [5.41, 5.74) is 2.34. The average molecular weight is 382 g/mol. The molecule has 0 atom stereocenters.